The average Bonchev–Trinajstić information content (AvgIpc) is 3.37. The number of pyridine rings is 1. The van der Waals surface area contributed by atoms with Gasteiger partial charge < -0.3 is 4.42 Å². The zero-order chi connectivity index (χ0) is 23.6. The normalized spacial score (nSPS) is 12.3. The summed E-state index contributed by atoms with van der Waals surface area (Å²) in [7, 11) is 0. The smallest absolute Gasteiger partial charge is 0.134 e. The Balaban J connectivity index is 1.59. The summed E-state index contributed by atoms with van der Waals surface area (Å²) in [4.78, 5) is 6.20. The predicted molar refractivity (Wildman–Crippen MR) is 146 cm³/mol. The lowest BCUT2D eigenvalue weighted by Gasteiger charge is -2.22. The second-order valence-corrected chi connectivity index (χ2v) is 11.2. The highest BCUT2D eigenvalue weighted by atomic mass is 32.1. The van der Waals surface area contributed by atoms with Crippen LogP contribution >= 0.6 is 11.3 Å². The maximum atomic E-state index is 5.67. The lowest BCUT2D eigenvalue weighted by Crippen LogP contribution is -2.12. The van der Waals surface area contributed by atoms with Crippen molar-refractivity contribution in [3.05, 3.63) is 89.8 Å². The fourth-order valence-corrected chi connectivity index (χ4v) is 6.30. The van der Waals surface area contributed by atoms with Crippen LogP contribution in [0.5, 0.6) is 0 Å². The van der Waals surface area contributed by atoms with Gasteiger partial charge in [-0.05, 0) is 94.1 Å². The van der Waals surface area contributed by atoms with Crippen LogP contribution in [0.15, 0.2) is 77.5 Å². The van der Waals surface area contributed by atoms with Crippen LogP contribution in [0.3, 0.4) is 0 Å². The molecule has 0 atom stereocenters. The summed E-state index contributed by atoms with van der Waals surface area (Å²) >= 11 is 1.84. The number of thiophene rings is 1. The first-order valence-electron chi connectivity index (χ1n) is 11.7. The number of aromatic nitrogens is 1. The Hall–Kier alpha value is -3.43. The first-order chi connectivity index (χ1) is 16.3. The topological polar surface area (TPSA) is 26.0 Å². The van der Waals surface area contributed by atoms with Gasteiger partial charge in [0.25, 0.3) is 0 Å². The summed E-state index contributed by atoms with van der Waals surface area (Å²) in [5.41, 5.74) is 8.29. The van der Waals surface area contributed by atoms with Gasteiger partial charge in [-0.1, -0.05) is 45.0 Å². The van der Waals surface area contributed by atoms with E-state index in [1.165, 1.54) is 58.9 Å². The van der Waals surface area contributed by atoms with Crippen molar-refractivity contribution in [3.63, 3.8) is 0 Å². The molecule has 3 aromatic heterocycles. The minimum absolute atomic E-state index is 0.0396. The van der Waals surface area contributed by atoms with Gasteiger partial charge in [0.05, 0.1) is 16.7 Å². The minimum atomic E-state index is 0.0396. The third kappa shape index (κ3) is 3.26. The van der Waals surface area contributed by atoms with E-state index < -0.39 is 0 Å². The van der Waals surface area contributed by atoms with E-state index in [-0.39, 0.29) is 5.41 Å². The van der Waals surface area contributed by atoms with Crippen LogP contribution in [0, 0.1) is 13.8 Å². The molecule has 0 unspecified atom stereocenters. The number of nitrogens with zero attached hydrogens (tertiary/aromatic N) is 1. The van der Waals surface area contributed by atoms with Crippen molar-refractivity contribution < 1.29 is 4.42 Å². The molecule has 0 spiro atoms. The highest BCUT2D eigenvalue weighted by Gasteiger charge is 2.21. The maximum absolute atomic E-state index is 5.67. The molecule has 0 saturated carbocycles. The maximum Gasteiger partial charge on any atom is 0.134 e. The van der Waals surface area contributed by atoms with Gasteiger partial charge in [0, 0.05) is 22.0 Å². The number of hydrogen-bond donors (Lipinski definition) is 0. The van der Waals surface area contributed by atoms with Crippen molar-refractivity contribution in [2.24, 2.45) is 0 Å². The number of benzene rings is 3. The first-order valence-corrected chi connectivity index (χ1v) is 12.5. The summed E-state index contributed by atoms with van der Waals surface area (Å²) in [5, 5.41) is 5.03. The largest absolute Gasteiger partial charge is 0.464 e. The van der Waals surface area contributed by atoms with E-state index in [2.05, 4.69) is 95.3 Å². The fourth-order valence-electron chi connectivity index (χ4n) is 4.99. The summed E-state index contributed by atoms with van der Waals surface area (Å²) in [6.07, 6.45) is 3.79. The fraction of sp³-hybridized carbons (Fsp3) is 0.194. The average molecular weight is 462 g/mol. The molecule has 0 aliphatic rings. The van der Waals surface area contributed by atoms with Crippen molar-refractivity contribution in [1.29, 1.82) is 0 Å². The Kier molecular flexibility index (Phi) is 4.69. The summed E-state index contributed by atoms with van der Waals surface area (Å²) in [6.45, 7) is 11.2. The lowest BCUT2D eigenvalue weighted by molar-refractivity contribution is 0.596. The van der Waals surface area contributed by atoms with Crippen LogP contribution < -0.4 is 0 Å². The number of rotatable bonds is 2. The molecule has 0 aliphatic carbocycles. The molecule has 3 heteroatoms. The molecule has 0 aliphatic heterocycles. The third-order valence-electron chi connectivity index (χ3n) is 6.83. The van der Waals surface area contributed by atoms with Crippen LogP contribution in [0.4, 0.5) is 0 Å². The summed E-state index contributed by atoms with van der Waals surface area (Å²) in [6, 6.07) is 22.0. The predicted octanol–water partition coefficient (Wildman–Crippen LogP) is 9.44. The van der Waals surface area contributed by atoms with E-state index in [0.29, 0.717) is 0 Å². The van der Waals surface area contributed by atoms with Gasteiger partial charge in [-0.15, -0.1) is 11.3 Å². The quantitative estimate of drug-likeness (QED) is 0.257. The van der Waals surface area contributed by atoms with E-state index in [1.807, 2.05) is 23.8 Å². The lowest BCUT2D eigenvalue weighted by atomic mass is 9.82. The number of furan rings is 1. The van der Waals surface area contributed by atoms with Crippen LogP contribution in [0.2, 0.25) is 0 Å². The molecule has 168 valence electrons. The molecule has 0 N–H and O–H groups in total. The first kappa shape index (κ1) is 21.1. The zero-order valence-electron chi connectivity index (χ0n) is 20.2. The van der Waals surface area contributed by atoms with Crippen molar-refractivity contribution in [3.8, 4) is 21.7 Å². The minimum Gasteiger partial charge on any atom is -0.464 e. The summed E-state index contributed by atoms with van der Waals surface area (Å²) in [5.74, 6) is 0. The van der Waals surface area contributed by atoms with Crippen molar-refractivity contribution >= 4 is 43.2 Å². The summed E-state index contributed by atoms with van der Waals surface area (Å²) < 4.78 is 6.92. The molecule has 34 heavy (non-hydrogen) atoms. The van der Waals surface area contributed by atoms with E-state index in [4.69, 9.17) is 9.40 Å². The molecule has 0 bridgehead atoms. The van der Waals surface area contributed by atoms with Crippen molar-refractivity contribution in [2.75, 3.05) is 0 Å². The van der Waals surface area contributed by atoms with Crippen molar-refractivity contribution in [2.45, 2.75) is 40.0 Å². The third-order valence-corrected chi connectivity index (χ3v) is 8.19. The highest BCUT2D eigenvalue weighted by molar-refractivity contribution is 7.23. The van der Waals surface area contributed by atoms with Gasteiger partial charge in [-0.3, -0.25) is 4.98 Å². The Labute approximate surface area is 203 Å². The molecule has 0 amide bonds. The second-order valence-electron chi connectivity index (χ2n) is 10.2. The van der Waals surface area contributed by atoms with E-state index in [9.17, 15) is 0 Å². The Bertz CT molecular complexity index is 1710. The van der Waals surface area contributed by atoms with Gasteiger partial charge in [-0.25, -0.2) is 0 Å². The molecule has 0 fully saturated rings. The monoisotopic (exact) mass is 461 g/mol. The molecule has 3 aromatic carbocycles. The van der Waals surface area contributed by atoms with Crippen LogP contribution in [0.25, 0.3) is 53.5 Å². The molecule has 6 rings (SSSR count). The van der Waals surface area contributed by atoms with Crippen molar-refractivity contribution in [1.82, 2.24) is 4.98 Å². The van der Waals surface area contributed by atoms with Gasteiger partial charge in [0.2, 0.25) is 0 Å². The molecular weight excluding hydrogens is 434 g/mol. The zero-order valence-corrected chi connectivity index (χ0v) is 21.0. The SMILES string of the molecule is Cc1coc2ccc(-c3sc4c(-c5cc(C(C)(C)C)c6ccccc6c5)nccc4c3C)cc12. The molecule has 0 radical (unpaired) electrons. The molecule has 3 heterocycles. The Morgan fingerprint density at radius 3 is 2.47 bits per heavy atom. The highest BCUT2D eigenvalue weighted by Crippen LogP contribution is 2.44. The van der Waals surface area contributed by atoms with Gasteiger partial charge in [0.1, 0.15) is 5.58 Å². The Morgan fingerprint density at radius 2 is 1.65 bits per heavy atom. The van der Waals surface area contributed by atoms with Gasteiger partial charge in [-0.2, -0.15) is 0 Å². The standard InChI is InChI=1S/C31H27NOS/c1-18-17-33-27-11-10-21(15-25(18)27)29-19(2)23-12-13-32-28(30(23)34-29)22-14-20-8-6-7-9-24(20)26(16-22)31(3,4)5/h6-17H,1-5H3. The molecule has 2 nitrogen and oxygen atoms in total. The Morgan fingerprint density at radius 1 is 0.824 bits per heavy atom. The van der Waals surface area contributed by atoms with Gasteiger partial charge >= 0.3 is 0 Å². The number of hydrogen-bond acceptors (Lipinski definition) is 3. The van der Waals surface area contributed by atoms with E-state index >= 15 is 0 Å². The number of aryl methyl sites for hydroxylation is 2. The number of fused-ring (bicyclic) bond motifs is 3. The second kappa shape index (κ2) is 7.54. The van der Waals surface area contributed by atoms with Crippen LogP contribution in [0.1, 0.15) is 37.5 Å². The molecule has 6 aromatic rings. The van der Waals surface area contributed by atoms with Crippen LogP contribution in [-0.2, 0) is 5.41 Å². The van der Waals surface area contributed by atoms with Crippen LogP contribution in [-0.4, -0.2) is 4.98 Å². The molecule has 0 saturated heterocycles. The van der Waals surface area contributed by atoms with Gasteiger partial charge in [0.15, 0.2) is 0 Å². The van der Waals surface area contributed by atoms with E-state index in [0.717, 1.165) is 11.3 Å². The van der Waals surface area contributed by atoms with E-state index in [1.54, 1.807) is 0 Å². The molecular formula is C31H27NOS.